The topological polar surface area (TPSA) is 50.4 Å². The second kappa shape index (κ2) is 6.75. The zero-order valence-corrected chi connectivity index (χ0v) is 12.5. The van der Waals surface area contributed by atoms with Crippen molar-refractivity contribution < 1.29 is 9.53 Å². The third-order valence-corrected chi connectivity index (χ3v) is 3.82. The molecule has 1 fully saturated rings. The first-order valence-electron chi connectivity index (χ1n) is 7.31. The molecule has 0 bridgehead atoms. The average molecular weight is 276 g/mol. The molecule has 1 aromatic rings. The van der Waals surface area contributed by atoms with E-state index in [-0.39, 0.29) is 11.8 Å². The van der Waals surface area contributed by atoms with Gasteiger partial charge in [-0.15, -0.1) is 0 Å². The summed E-state index contributed by atoms with van der Waals surface area (Å²) in [5.41, 5.74) is 1.97. The van der Waals surface area contributed by atoms with Gasteiger partial charge in [-0.25, -0.2) is 0 Å². The van der Waals surface area contributed by atoms with Crippen LogP contribution in [-0.2, 0) is 4.79 Å². The molecule has 1 unspecified atom stereocenters. The number of amides is 1. The number of nitrogens with one attached hydrogen (secondary N) is 2. The molecule has 110 valence electrons. The Morgan fingerprint density at radius 3 is 2.85 bits per heavy atom. The van der Waals surface area contributed by atoms with Gasteiger partial charge in [-0.3, -0.25) is 4.79 Å². The molecule has 1 aliphatic heterocycles. The minimum atomic E-state index is 0.0520. The standard InChI is InChI=1S/C16H24N2O2/c1-11(2)12-6-7-15(20-3)14(9-12)18-16(19)13-5-4-8-17-10-13/h6-7,9,11,13,17H,4-5,8,10H2,1-3H3,(H,18,19). The Balaban J connectivity index is 2.13. The number of benzene rings is 1. The van der Waals surface area contributed by atoms with E-state index in [4.69, 9.17) is 4.74 Å². The second-order valence-corrected chi connectivity index (χ2v) is 5.65. The first-order chi connectivity index (χ1) is 9.61. The Labute approximate surface area is 120 Å². The summed E-state index contributed by atoms with van der Waals surface area (Å²) in [5, 5.41) is 6.29. The van der Waals surface area contributed by atoms with Gasteiger partial charge < -0.3 is 15.4 Å². The molecule has 1 aliphatic rings. The van der Waals surface area contributed by atoms with Gasteiger partial charge in [0, 0.05) is 6.54 Å². The summed E-state index contributed by atoms with van der Waals surface area (Å²) < 4.78 is 5.34. The molecule has 4 nitrogen and oxygen atoms in total. The predicted molar refractivity (Wildman–Crippen MR) is 81.3 cm³/mol. The van der Waals surface area contributed by atoms with Crippen molar-refractivity contribution in [2.24, 2.45) is 5.92 Å². The monoisotopic (exact) mass is 276 g/mol. The first kappa shape index (κ1) is 14.9. The van der Waals surface area contributed by atoms with Crippen LogP contribution in [0.2, 0.25) is 0 Å². The molecule has 4 heteroatoms. The minimum Gasteiger partial charge on any atom is -0.495 e. The Hall–Kier alpha value is -1.55. The summed E-state index contributed by atoms with van der Waals surface area (Å²) in [6.07, 6.45) is 2.01. The molecule has 0 aromatic heterocycles. The van der Waals surface area contributed by atoms with E-state index in [0.717, 1.165) is 31.6 Å². The Morgan fingerprint density at radius 1 is 1.45 bits per heavy atom. The zero-order valence-electron chi connectivity index (χ0n) is 12.5. The third kappa shape index (κ3) is 3.51. The van der Waals surface area contributed by atoms with Gasteiger partial charge in [0.05, 0.1) is 18.7 Å². The van der Waals surface area contributed by atoms with Crippen LogP contribution in [0.4, 0.5) is 5.69 Å². The van der Waals surface area contributed by atoms with Crippen molar-refractivity contribution in [2.45, 2.75) is 32.6 Å². The number of carbonyl (C=O) groups excluding carboxylic acids is 1. The molecule has 0 radical (unpaired) electrons. The van der Waals surface area contributed by atoms with E-state index in [1.807, 2.05) is 18.2 Å². The smallest absolute Gasteiger partial charge is 0.228 e. The number of anilines is 1. The van der Waals surface area contributed by atoms with Crippen LogP contribution in [-0.4, -0.2) is 26.1 Å². The highest BCUT2D eigenvalue weighted by molar-refractivity contribution is 5.94. The van der Waals surface area contributed by atoms with Crippen LogP contribution in [0.3, 0.4) is 0 Å². The summed E-state index contributed by atoms with van der Waals surface area (Å²) in [7, 11) is 1.63. The third-order valence-electron chi connectivity index (χ3n) is 3.82. The quantitative estimate of drug-likeness (QED) is 0.889. The van der Waals surface area contributed by atoms with Crippen LogP contribution in [0, 0.1) is 5.92 Å². The van der Waals surface area contributed by atoms with Gasteiger partial charge in [-0.2, -0.15) is 0 Å². The molecule has 2 rings (SSSR count). The number of hydrogen-bond donors (Lipinski definition) is 2. The predicted octanol–water partition coefficient (Wildman–Crippen LogP) is 2.76. The summed E-state index contributed by atoms with van der Waals surface area (Å²) in [4.78, 5) is 12.3. The highest BCUT2D eigenvalue weighted by Gasteiger charge is 2.22. The fourth-order valence-electron chi connectivity index (χ4n) is 2.49. The fourth-order valence-corrected chi connectivity index (χ4v) is 2.49. The summed E-state index contributed by atoms with van der Waals surface area (Å²) in [5.74, 6) is 1.27. The van der Waals surface area contributed by atoms with E-state index >= 15 is 0 Å². The number of ether oxygens (including phenoxy) is 1. The number of carbonyl (C=O) groups is 1. The summed E-state index contributed by atoms with van der Waals surface area (Å²) in [6, 6.07) is 5.98. The molecule has 1 atom stereocenters. The van der Waals surface area contributed by atoms with E-state index in [1.165, 1.54) is 5.56 Å². The first-order valence-corrected chi connectivity index (χ1v) is 7.31. The normalized spacial score (nSPS) is 18.9. The molecule has 1 amide bonds. The lowest BCUT2D eigenvalue weighted by molar-refractivity contribution is -0.120. The van der Waals surface area contributed by atoms with Gasteiger partial charge in [-0.05, 0) is 43.0 Å². The van der Waals surface area contributed by atoms with Gasteiger partial charge in [0.2, 0.25) is 5.91 Å². The van der Waals surface area contributed by atoms with Crippen molar-refractivity contribution in [2.75, 3.05) is 25.5 Å². The maximum atomic E-state index is 12.3. The maximum absolute atomic E-state index is 12.3. The van der Waals surface area contributed by atoms with Crippen LogP contribution in [0.15, 0.2) is 18.2 Å². The van der Waals surface area contributed by atoms with E-state index in [2.05, 4.69) is 24.5 Å². The van der Waals surface area contributed by atoms with Gasteiger partial charge >= 0.3 is 0 Å². The highest BCUT2D eigenvalue weighted by Crippen LogP contribution is 2.29. The average Bonchev–Trinajstić information content (AvgIpc) is 2.48. The second-order valence-electron chi connectivity index (χ2n) is 5.65. The SMILES string of the molecule is COc1ccc(C(C)C)cc1NC(=O)C1CCCNC1. The lowest BCUT2D eigenvalue weighted by Crippen LogP contribution is -2.37. The van der Waals surface area contributed by atoms with Crippen LogP contribution >= 0.6 is 0 Å². The highest BCUT2D eigenvalue weighted by atomic mass is 16.5. The molecular formula is C16H24N2O2. The van der Waals surface area contributed by atoms with Crippen LogP contribution in [0.1, 0.15) is 38.2 Å². The van der Waals surface area contributed by atoms with Crippen LogP contribution < -0.4 is 15.4 Å². The van der Waals surface area contributed by atoms with Gasteiger partial charge in [-0.1, -0.05) is 19.9 Å². The molecule has 0 aliphatic carbocycles. The van der Waals surface area contributed by atoms with E-state index in [9.17, 15) is 4.79 Å². The molecular weight excluding hydrogens is 252 g/mol. The van der Waals surface area contributed by atoms with Crippen molar-refractivity contribution in [3.05, 3.63) is 23.8 Å². The van der Waals surface area contributed by atoms with Crippen LogP contribution in [0.5, 0.6) is 5.75 Å². The maximum Gasteiger partial charge on any atom is 0.228 e. The van der Waals surface area contributed by atoms with E-state index < -0.39 is 0 Å². The summed E-state index contributed by atoms with van der Waals surface area (Å²) >= 11 is 0. The Kier molecular flexibility index (Phi) is 5.01. The lowest BCUT2D eigenvalue weighted by atomic mass is 9.98. The number of piperidine rings is 1. The van der Waals surface area contributed by atoms with Crippen molar-refractivity contribution >= 4 is 11.6 Å². The largest absolute Gasteiger partial charge is 0.495 e. The van der Waals surface area contributed by atoms with Crippen molar-refractivity contribution in [3.8, 4) is 5.75 Å². The Morgan fingerprint density at radius 2 is 2.25 bits per heavy atom. The summed E-state index contributed by atoms with van der Waals surface area (Å²) in [6.45, 7) is 6.05. The molecule has 1 aromatic carbocycles. The lowest BCUT2D eigenvalue weighted by Gasteiger charge is -2.22. The number of rotatable bonds is 4. The van der Waals surface area contributed by atoms with Gasteiger partial charge in [0.25, 0.3) is 0 Å². The Bertz CT molecular complexity index is 466. The zero-order chi connectivity index (χ0) is 14.5. The molecule has 20 heavy (non-hydrogen) atoms. The fraction of sp³-hybridized carbons (Fsp3) is 0.562. The molecule has 0 saturated carbocycles. The molecule has 0 spiro atoms. The van der Waals surface area contributed by atoms with Gasteiger partial charge in [0.1, 0.15) is 5.75 Å². The van der Waals surface area contributed by atoms with E-state index in [0.29, 0.717) is 11.7 Å². The van der Waals surface area contributed by atoms with E-state index in [1.54, 1.807) is 7.11 Å². The molecule has 2 N–H and O–H groups in total. The van der Waals surface area contributed by atoms with Crippen molar-refractivity contribution in [1.82, 2.24) is 5.32 Å². The number of hydrogen-bond acceptors (Lipinski definition) is 3. The molecule has 1 saturated heterocycles. The number of methoxy groups -OCH3 is 1. The van der Waals surface area contributed by atoms with Crippen molar-refractivity contribution in [1.29, 1.82) is 0 Å². The van der Waals surface area contributed by atoms with Crippen LogP contribution in [0.25, 0.3) is 0 Å². The molecule has 1 heterocycles. The van der Waals surface area contributed by atoms with Gasteiger partial charge in [0.15, 0.2) is 0 Å². The van der Waals surface area contributed by atoms with Crippen molar-refractivity contribution in [3.63, 3.8) is 0 Å². The minimum absolute atomic E-state index is 0.0520.